The van der Waals surface area contributed by atoms with Crippen LogP contribution in [0.1, 0.15) is 0 Å². The molecule has 0 atom stereocenters. The number of rotatable bonds is 5. The standard InChI is InChI=1S/C24F18S2/c25-3-1(4(26)14(36)21(13(3)35)43-23-17(39)9(31)7(29)10(32)18(23)40)2-5(27)15(37)22(16(38)6(2)28)44-24-19(41)11(33)8(30)12(34)20(24)42. The quantitative estimate of drug-likeness (QED) is 0.116. The summed E-state index contributed by atoms with van der Waals surface area (Å²) >= 11 is -2.27. The van der Waals surface area contributed by atoms with E-state index in [1.807, 2.05) is 0 Å². The third-order valence-corrected chi connectivity index (χ3v) is 7.69. The Morgan fingerprint density at radius 1 is 0.182 bits per heavy atom. The van der Waals surface area contributed by atoms with Crippen LogP contribution in [0.2, 0.25) is 0 Å². The van der Waals surface area contributed by atoms with Crippen LogP contribution in [0.3, 0.4) is 0 Å². The second-order valence-corrected chi connectivity index (χ2v) is 9.96. The summed E-state index contributed by atoms with van der Waals surface area (Å²) in [6, 6.07) is 0. The molecule has 0 unspecified atom stereocenters. The topological polar surface area (TPSA) is 0 Å². The lowest BCUT2D eigenvalue weighted by molar-refractivity contribution is 0.360. The predicted molar refractivity (Wildman–Crippen MR) is 112 cm³/mol. The molecule has 0 saturated carbocycles. The number of halogens is 18. The molecule has 20 heteroatoms. The van der Waals surface area contributed by atoms with E-state index in [1.165, 1.54) is 0 Å². The van der Waals surface area contributed by atoms with Gasteiger partial charge in [-0.15, -0.1) is 0 Å². The van der Waals surface area contributed by atoms with Crippen LogP contribution in [0.25, 0.3) is 11.1 Å². The molecule has 0 N–H and O–H groups in total. The molecule has 0 fully saturated rings. The van der Waals surface area contributed by atoms with Gasteiger partial charge in [-0.05, 0) is 0 Å². The molecule has 4 aromatic rings. The van der Waals surface area contributed by atoms with Crippen LogP contribution in [0.4, 0.5) is 79.0 Å². The second kappa shape index (κ2) is 11.7. The highest BCUT2D eigenvalue weighted by atomic mass is 32.2. The smallest absolute Gasteiger partial charge is 0.200 e. The van der Waals surface area contributed by atoms with Crippen molar-refractivity contribution in [1.82, 2.24) is 0 Å². The van der Waals surface area contributed by atoms with Crippen LogP contribution >= 0.6 is 23.5 Å². The summed E-state index contributed by atoms with van der Waals surface area (Å²) in [5.74, 6) is -50.3. The average Bonchev–Trinajstić information content (AvgIpc) is 2.99. The molecule has 0 aliphatic carbocycles. The van der Waals surface area contributed by atoms with Crippen molar-refractivity contribution < 1.29 is 79.0 Å². The Balaban J connectivity index is 1.92. The summed E-state index contributed by atoms with van der Waals surface area (Å²) in [5.41, 5.74) is -5.19. The van der Waals surface area contributed by atoms with Gasteiger partial charge in [0.15, 0.2) is 93.1 Å². The van der Waals surface area contributed by atoms with Crippen LogP contribution in [0.15, 0.2) is 19.6 Å². The molecule has 0 spiro atoms. The second-order valence-electron chi connectivity index (χ2n) is 7.92. The van der Waals surface area contributed by atoms with E-state index in [2.05, 4.69) is 0 Å². The molecule has 0 heterocycles. The van der Waals surface area contributed by atoms with Gasteiger partial charge in [0.2, 0.25) is 11.6 Å². The normalized spacial score (nSPS) is 11.6. The molecule has 234 valence electrons. The first-order chi connectivity index (χ1) is 20.4. The highest BCUT2D eigenvalue weighted by Gasteiger charge is 2.37. The zero-order chi connectivity index (χ0) is 33.3. The molecule has 0 aliphatic heterocycles. The molecule has 0 nitrogen and oxygen atoms in total. The molecule has 0 aromatic heterocycles. The van der Waals surface area contributed by atoms with Crippen molar-refractivity contribution in [2.24, 2.45) is 0 Å². The van der Waals surface area contributed by atoms with Crippen LogP contribution in [0.5, 0.6) is 0 Å². The van der Waals surface area contributed by atoms with E-state index in [-0.39, 0.29) is 0 Å². The summed E-state index contributed by atoms with van der Waals surface area (Å²) in [4.78, 5) is -8.66. The zero-order valence-corrected chi connectivity index (χ0v) is 21.3. The van der Waals surface area contributed by atoms with Crippen molar-refractivity contribution in [3.63, 3.8) is 0 Å². The summed E-state index contributed by atoms with van der Waals surface area (Å²) < 4.78 is 254. The molecule has 0 saturated heterocycles. The third-order valence-electron chi connectivity index (χ3n) is 5.44. The van der Waals surface area contributed by atoms with E-state index < -0.39 is 159 Å². The van der Waals surface area contributed by atoms with E-state index in [4.69, 9.17) is 0 Å². The SMILES string of the molecule is Fc1c(F)c(F)c(Sc2c(F)c(F)c(-c3c(F)c(F)c(Sc4c(F)c(F)c(F)c(F)c4F)c(F)c3F)c(F)c2F)c(F)c1F. The van der Waals surface area contributed by atoms with Gasteiger partial charge in [-0.2, -0.15) is 0 Å². The molecule has 4 aromatic carbocycles. The molecular weight excluding hydrogens is 694 g/mol. The number of benzene rings is 4. The summed E-state index contributed by atoms with van der Waals surface area (Å²) in [7, 11) is 0. The highest BCUT2D eigenvalue weighted by Crippen LogP contribution is 2.46. The fraction of sp³-hybridized carbons (Fsp3) is 0. The maximum Gasteiger partial charge on any atom is 0.200 e. The Kier molecular flexibility index (Phi) is 8.82. The van der Waals surface area contributed by atoms with E-state index in [9.17, 15) is 79.0 Å². The Morgan fingerprint density at radius 3 is 0.500 bits per heavy atom. The van der Waals surface area contributed by atoms with E-state index in [0.29, 0.717) is 0 Å². The van der Waals surface area contributed by atoms with Gasteiger partial charge in [0.1, 0.15) is 0 Å². The van der Waals surface area contributed by atoms with Gasteiger partial charge >= 0.3 is 0 Å². The van der Waals surface area contributed by atoms with Crippen molar-refractivity contribution in [1.29, 1.82) is 0 Å². The fourth-order valence-corrected chi connectivity index (χ4v) is 5.24. The first-order valence-corrected chi connectivity index (χ1v) is 12.1. The monoisotopic (exact) mass is 694 g/mol. The maximum atomic E-state index is 14.8. The van der Waals surface area contributed by atoms with Crippen molar-refractivity contribution in [2.45, 2.75) is 19.6 Å². The Morgan fingerprint density at radius 2 is 0.318 bits per heavy atom. The van der Waals surface area contributed by atoms with Gasteiger partial charge in [-0.1, -0.05) is 23.5 Å². The van der Waals surface area contributed by atoms with E-state index in [1.54, 1.807) is 0 Å². The highest BCUT2D eigenvalue weighted by molar-refractivity contribution is 7.99. The summed E-state index contributed by atoms with van der Waals surface area (Å²) in [6.07, 6.45) is 0. The van der Waals surface area contributed by atoms with Crippen LogP contribution < -0.4 is 0 Å². The average molecular weight is 694 g/mol. The summed E-state index contributed by atoms with van der Waals surface area (Å²) in [5, 5.41) is 0. The van der Waals surface area contributed by atoms with Crippen LogP contribution in [0, 0.1) is 105 Å². The van der Waals surface area contributed by atoms with Crippen molar-refractivity contribution in [3.8, 4) is 11.1 Å². The lowest BCUT2D eigenvalue weighted by Crippen LogP contribution is -2.10. The van der Waals surface area contributed by atoms with E-state index in [0.717, 1.165) is 0 Å². The molecule has 4 rings (SSSR count). The Labute approximate surface area is 238 Å². The fourth-order valence-electron chi connectivity index (χ4n) is 3.39. The third kappa shape index (κ3) is 4.90. The molecular formula is C24F18S2. The van der Waals surface area contributed by atoms with Crippen LogP contribution in [-0.4, -0.2) is 0 Å². The van der Waals surface area contributed by atoms with Gasteiger partial charge in [0.25, 0.3) is 0 Å². The molecule has 0 amide bonds. The largest absolute Gasteiger partial charge is 0.203 e. The minimum atomic E-state index is -2.95. The number of hydrogen-bond donors (Lipinski definition) is 0. The maximum absolute atomic E-state index is 14.8. The Bertz CT molecular complexity index is 1650. The van der Waals surface area contributed by atoms with Crippen molar-refractivity contribution in [3.05, 3.63) is 105 Å². The van der Waals surface area contributed by atoms with Crippen molar-refractivity contribution in [2.75, 3.05) is 0 Å². The van der Waals surface area contributed by atoms with Gasteiger partial charge in [-0.3, -0.25) is 0 Å². The predicted octanol–water partition coefficient (Wildman–Crippen LogP) is 10.2. The minimum Gasteiger partial charge on any atom is -0.203 e. The zero-order valence-electron chi connectivity index (χ0n) is 19.6. The number of hydrogen-bond acceptors (Lipinski definition) is 2. The van der Waals surface area contributed by atoms with Gasteiger partial charge in [-0.25, -0.2) is 79.0 Å². The Hall–Kier alpha value is -3.68. The van der Waals surface area contributed by atoms with Crippen LogP contribution in [-0.2, 0) is 0 Å². The molecule has 44 heavy (non-hydrogen) atoms. The molecule has 0 aliphatic rings. The van der Waals surface area contributed by atoms with Gasteiger partial charge < -0.3 is 0 Å². The molecule has 0 bridgehead atoms. The van der Waals surface area contributed by atoms with E-state index >= 15 is 0 Å². The summed E-state index contributed by atoms with van der Waals surface area (Å²) in [6.45, 7) is 0. The van der Waals surface area contributed by atoms with Crippen molar-refractivity contribution >= 4 is 23.5 Å². The first kappa shape index (κ1) is 33.2. The lowest BCUT2D eigenvalue weighted by atomic mass is 10.0. The van der Waals surface area contributed by atoms with Gasteiger partial charge in [0.05, 0.1) is 30.7 Å². The minimum absolute atomic E-state index is 1.14. The lowest BCUT2D eigenvalue weighted by Gasteiger charge is -2.16. The van der Waals surface area contributed by atoms with Gasteiger partial charge in [0, 0.05) is 0 Å². The molecule has 0 radical (unpaired) electrons. The first-order valence-electron chi connectivity index (χ1n) is 10.5.